The molecule has 6 nitrogen and oxygen atoms in total. The highest BCUT2D eigenvalue weighted by molar-refractivity contribution is 14.0. The van der Waals surface area contributed by atoms with Crippen molar-refractivity contribution in [2.75, 3.05) is 26.7 Å². The summed E-state index contributed by atoms with van der Waals surface area (Å²) < 4.78 is 5.10. The number of rotatable bonds is 8. The zero-order chi connectivity index (χ0) is 17.1. The first kappa shape index (κ1) is 22.5. The second-order valence-corrected chi connectivity index (χ2v) is 5.59. The fourth-order valence-corrected chi connectivity index (χ4v) is 1.79. The van der Waals surface area contributed by atoms with E-state index in [4.69, 9.17) is 4.74 Å². The lowest BCUT2D eigenvalue weighted by Gasteiger charge is -2.13. The SMILES string of the molecule is CCNC(=NCC(=O)NCc1ccc(OC)cc1)NCC(C)C.I. The van der Waals surface area contributed by atoms with Gasteiger partial charge in [0.15, 0.2) is 5.96 Å². The lowest BCUT2D eigenvalue weighted by Crippen LogP contribution is -2.40. The molecule has 136 valence electrons. The maximum Gasteiger partial charge on any atom is 0.242 e. The molecule has 0 spiro atoms. The first-order valence-corrected chi connectivity index (χ1v) is 7.97. The molecule has 3 N–H and O–H groups in total. The van der Waals surface area contributed by atoms with Crippen molar-refractivity contribution in [2.24, 2.45) is 10.9 Å². The monoisotopic (exact) mass is 448 g/mol. The van der Waals surface area contributed by atoms with E-state index in [-0.39, 0.29) is 36.4 Å². The van der Waals surface area contributed by atoms with Crippen LogP contribution in [-0.2, 0) is 11.3 Å². The molecule has 0 aliphatic heterocycles. The van der Waals surface area contributed by atoms with Crippen LogP contribution in [-0.4, -0.2) is 38.6 Å². The van der Waals surface area contributed by atoms with Gasteiger partial charge in [0.05, 0.1) is 7.11 Å². The van der Waals surface area contributed by atoms with Crippen LogP contribution < -0.4 is 20.7 Å². The second kappa shape index (κ2) is 12.9. The molecule has 0 heterocycles. The Bertz CT molecular complexity index is 504. The quantitative estimate of drug-likeness (QED) is 0.324. The molecule has 7 heteroatoms. The predicted octanol–water partition coefficient (Wildman–Crippen LogP) is 2.14. The minimum Gasteiger partial charge on any atom is -0.497 e. The third kappa shape index (κ3) is 9.59. The largest absolute Gasteiger partial charge is 0.497 e. The van der Waals surface area contributed by atoms with E-state index in [2.05, 4.69) is 34.8 Å². The Kier molecular flexibility index (Phi) is 12.0. The number of aliphatic imine (C=N–C) groups is 1. The van der Waals surface area contributed by atoms with E-state index in [1.807, 2.05) is 31.2 Å². The molecule has 0 bridgehead atoms. The normalized spacial score (nSPS) is 10.8. The molecule has 0 aliphatic carbocycles. The molecule has 1 aromatic carbocycles. The average molecular weight is 448 g/mol. The molecule has 0 saturated carbocycles. The van der Waals surface area contributed by atoms with Crippen molar-refractivity contribution in [2.45, 2.75) is 27.3 Å². The number of hydrogen-bond donors (Lipinski definition) is 3. The Morgan fingerprint density at radius 3 is 2.38 bits per heavy atom. The number of guanidine groups is 1. The van der Waals surface area contributed by atoms with E-state index in [1.54, 1.807) is 7.11 Å². The smallest absolute Gasteiger partial charge is 0.242 e. The van der Waals surface area contributed by atoms with E-state index in [0.717, 1.165) is 24.4 Å². The number of carbonyl (C=O) groups is 1. The van der Waals surface area contributed by atoms with Crippen molar-refractivity contribution < 1.29 is 9.53 Å². The number of halogens is 1. The van der Waals surface area contributed by atoms with Crippen molar-refractivity contribution in [1.82, 2.24) is 16.0 Å². The van der Waals surface area contributed by atoms with Crippen LogP contribution in [0.15, 0.2) is 29.3 Å². The van der Waals surface area contributed by atoms with Crippen LogP contribution in [0.4, 0.5) is 0 Å². The summed E-state index contributed by atoms with van der Waals surface area (Å²) in [5.41, 5.74) is 1.02. The molecule has 0 aliphatic rings. The van der Waals surface area contributed by atoms with Gasteiger partial charge in [0, 0.05) is 19.6 Å². The molecule has 0 radical (unpaired) electrons. The molecule has 0 unspecified atom stereocenters. The summed E-state index contributed by atoms with van der Waals surface area (Å²) in [7, 11) is 1.63. The van der Waals surface area contributed by atoms with Gasteiger partial charge in [0.2, 0.25) is 5.91 Å². The van der Waals surface area contributed by atoms with Gasteiger partial charge in [-0.25, -0.2) is 4.99 Å². The van der Waals surface area contributed by atoms with Crippen molar-refractivity contribution in [1.29, 1.82) is 0 Å². The van der Waals surface area contributed by atoms with Gasteiger partial charge in [-0.1, -0.05) is 26.0 Å². The molecule has 24 heavy (non-hydrogen) atoms. The summed E-state index contributed by atoms with van der Waals surface area (Å²) >= 11 is 0. The molecule has 0 aromatic heterocycles. The average Bonchev–Trinajstić information content (AvgIpc) is 2.55. The Morgan fingerprint density at radius 2 is 1.83 bits per heavy atom. The molecule has 0 fully saturated rings. The van der Waals surface area contributed by atoms with Crippen LogP contribution in [0.1, 0.15) is 26.3 Å². The fourth-order valence-electron chi connectivity index (χ4n) is 1.79. The van der Waals surface area contributed by atoms with Crippen molar-refractivity contribution in [3.63, 3.8) is 0 Å². The maximum atomic E-state index is 11.9. The first-order chi connectivity index (χ1) is 11.0. The van der Waals surface area contributed by atoms with Crippen LogP contribution in [0.2, 0.25) is 0 Å². The van der Waals surface area contributed by atoms with Crippen molar-refractivity contribution in [3.05, 3.63) is 29.8 Å². The summed E-state index contributed by atoms with van der Waals surface area (Å²) in [6, 6.07) is 7.60. The maximum absolute atomic E-state index is 11.9. The number of nitrogens with one attached hydrogen (secondary N) is 3. The van der Waals surface area contributed by atoms with Gasteiger partial charge < -0.3 is 20.7 Å². The highest BCUT2D eigenvalue weighted by atomic mass is 127. The van der Waals surface area contributed by atoms with E-state index >= 15 is 0 Å². The zero-order valence-electron chi connectivity index (χ0n) is 14.9. The number of nitrogens with zero attached hydrogens (tertiary/aromatic N) is 1. The summed E-state index contributed by atoms with van der Waals surface area (Å²) in [4.78, 5) is 16.2. The van der Waals surface area contributed by atoms with Gasteiger partial charge >= 0.3 is 0 Å². The van der Waals surface area contributed by atoms with E-state index in [0.29, 0.717) is 18.4 Å². The van der Waals surface area contributed by atoms with Gasteiger partial charge in [-0.05, 0) is 30.5 Å². The number of benzene rings is 1. The topological polar surface area (TPSA) is 74.8 Å². The molecule has 1 amide bonds. The Balaban J connectivity index is 0.00000529. The summed E-state index contributed by atoms with van der Waals surface area (Å²) in [6.45, 7) is 8.40. The van der Waals surface area contributed by atoms with Gasteiger partial charge in [-0.3, -0.25) is 4.79 Å². The number of hydrogen-bond acceptors (Lipinski definition) is 3. The van der Waals surface area contributed by atoms with E-state index in [1.165, 1.54) is 0 Å². The van der Waals surface area contributed by atoms with Gasteiger partial charge in [0.1, 0.15) is 12.3 Å². The number of carbonyl (C=O) groups excluding carboxylic acids is 1. The molecule has 1 rings (SSSR count). The number of amides is 1. The standard InChI is InChI=1S/C17H28N4O2.HI/c1-5-18-17(20-10-13(2)3)21-12-16(22)19-11-14-6-8-15(23-4)9-7-14;/h6-9,13H,5,10-12H2,1-4H3,(H,19,22)(H2,18,20,21);1H. The lowest BCUT2D eigenvalue weighted by atomic mass is 10.2. The Labute approximate surface area is 161 Å². The third-order valence-corrected chi connectivity index (χ3v) is 3.05. The minimum absolute atomic E-state index is 0. The molecule has 1 aromatic rings. The van der Waals surface area contributed by atoms with Crippen LogP contribution >= 0.6 is 24.0 Å². The van der Waals surface area contributed by atoms with Crippen molar-refractivity contribution >= 4 is 35.8 Å². The summed E-state index contributed by atoms with van der Waals surface area (Å²) in [6.07, 6.45) is 0. The zero-order valence-corrected chi connectivity index (χ0v) is 17.2. The predicted molar refractivity (Wildman–Crippen MR) is 109 cm³/mol. The van der Waals surface area contributed by atoms with Crippen LogP contribution in [0.25, 0.3) is 0 Å². The van der Waals surface area contributed by atoms with Gasteiger partial charge in [0.25, 0.3) is 0 Å². The molecular formula is C17H29IN4O2. The minimum atomic E-state index is -0.109. The van der Waals surface area contributed by atoms with E-state index in [9.17, 15) is 4.79 Å². The Morgan fingerprint density at radius 1 is 1.17 bits per heavy atom. The number of methoxy groups -OCH3 is 1. The first-order valence-electron chi connectivity index (χ1n) is 7.97. The van der Waals surface area contributed by atoms with Crippen LogP contribution in [0.3, 0.4) is 0 Å². The third-order valence-electron chi connectivity index (χ3n) is 3.05. The van der Waals surface area contributed by atoms with Crippen molar-refractivity contribution in [3.8, 4) is 5.75 Å². The van der Waals surface area contributed by atoms with E-state index < -0.39 is 0 Å². The second-order valence-electron chi connectivity index (χ2n) is 5.59. The molecule has 0 atom stereocenters. The summed E-state index contributed by atoms with van der Waals surface area (Å²) in [5.74, 6) is 1.88. The van der Waals surface area contributed by atoms with Gasteiger partial charge in [-0.2, -0.15) is 0 Å². The molecule has 0 saturated heterocycles. The molecular weight excluding hydrogens is 419 g/mol. The van der Waals surface area contributed by atoms with Crippen LogP contribution in [0, 0.1) is 5.92 Å². The summed E-state index contributed by atoms with van der Waals surface area (Å²) in [5, 5.41) is 9.19. The van der Waals surface area contributed by atoms with Crippen LogP contribution in [0.5, 0.6) is 5.75 Å². The highest BCUT2D eigenvalue weighted by Crippen LogP contribution is 2.10. The Hall–Kier alpha value is -1.51. The van der Waals surface area contributed by atoms with Gasteiger partial charge in [-0.15, -0.1) is 24.0 Å². The fraction of sp³-hybridized carbons (Fsp3) is 0.529. The number of ether oxygens (including phenoxy) is 1. The highest BCUT2D eigenvalue weighted by Gasteiger charge is 2.03. The lowest BCUT2D eigenvalue weighted by molar-refractivity contribution is -0.119.